The molecule has 7 heteroatoms. The van der Waals surface area contributed by atoms with Crippen LogP contribution in [0.4, 0.5) is 13.2 Å². The largest absolute Gasteiger partial charge is 0.550 e. The summed E-state index contributed by atoms with van der Waals surface area (Å²) in [4.78, 5) is 13.9. The van der Waals surface area contributed by atoms with Crippen LogP contribution in [0.15, 0.2) is 24.3 Å². The van der Waals surface area contributed by atoms with Crippen molar-refractivity contribution in [2.75, 3.05) is 0 Å². The van der Waals surface area contributed by atoms with Gasteiger partial charge in [0, 0.05) is 18.9 Å². The average Bonchev–Trinajstić information content (AvgIpc) is 2.64. The van der Waals surface area contributed by atoms with Gasteiger partial charge in [0.05, 0.1) is 11.0 Å². The molecule has 2 aromatic rings. The first-order valence-electron chi connectivity index (χ1n) is 5.12. The molecule has 18 heavy (non-hydrogen) atoms. The standard InChI is InChI=1S/C11H9F3N2O2/c12-11(13,14)10-15-7-3-1-2-4-8(7)16(10)6-5-9(17)18/h1-4H,5-6H2,(H,17,18)/p-1. The van der Waals surface area contributed by atoms with Crippen LogP contribution in [0.5, 0.6) is 0 Å². The Hall–Kier alpha value is -2.05. The Bertz CT molecular complexity index is 589. The first kappa shape index (κ1) is 12.4. The maximum atomic E-state index is 12.8. The maximum absolute atomic E-state index is 12.8. The van der Waals surface area contributed by atoms with Crippen LogP contribution in [-0.4, -0.2) is 15.5 Å². The molecule has 0 aliphatic carbocycles. The molecule has 0 N–H and O–H groups in total. The highest BCUT2D eigenvalue weighted by Crippen LogP contribution is 2.31. The molecule has 0 fully saturated rings. The lowest BCUT2D eigenvalue weighted by Gasteiger charge is -2.11. The van der Waals surface area contributed by atoms with Gasteiger partial charge in [-0.2, -0.15) is 13.2 Å². The van der Waals surface area contributed by atoms with Gasteiger partial charge < -0.3 is 14.5 Å². The van der Waals surface area contributed by atoms with Crippen molar-refractivity contribution in [2.45, 2.75) is 19.1 Å². The number of carbonyl (C=O) groups excluding carboxylic acids is 1. The second-order valence-electron chi connectivity index (χ2n) is 3.70. The number of carboxylic acids is 1. The van der Waals surface area contributed by atoms with Gasteiger partial charge in [0.25, 0.3) is 0 Å². The Balaban J connectivity index is 2.54. The predicted octanol–water partition coefficient (Wildman–Crippen LogP) is 1.20. The Morgan fingerprint density at radius 1 is 1.33 bits per heavy atom. The number of hydrogen-bond acceptors (Lipinski definition) is 3. The number of benzene rings is 1. The lowest BCUT2D eigenvalue weighted by molar-refractivity contribution is -0.306. The molecular weight excluding hydrogens is 249 g/mol. The fourth-order valence-electron chi connectivity index (χ4n) is 1.72. The number of aliphatic carboxylic acids is 1. The number of halogens is 3. The molecule has 0 aliphatic rings. The van der Waals surface area contributed by atoms with Crippen molar-refractivity contribution in [3.8, 4) is 0 Å². The van der Waals surface area contributed by atoms with E-state index >= 15 is 0 Å². The molecule has 0 atom stereocenters. The first-order chi connectivity index (χ1) is 8.39. The van der Waals surface area contributed by atoms with E-state index in [1.165, 1.54) is 12.1 Å². The summed E-state index contributed by atoms with van der Waals surface area (Å²) in [5, 5.41) is 10.4. The molecule has 96 valence electrons. The number of nitrogens with zero attached hydrogens (tertiary/aromatic N) is 2. The Morgan fingerprint density at radius 3 is 2.61 bits per heavy atom. The molecule has 0 saturated carbocycles. The summed E-state index contributed by atoms with van der Waals surface area (Å²) in [5.41, 5.74) is 0.439. The minimum absolute atomic E-state index is 0.183. The van der Waals surface area contributed by atoms with Crippen molar-refractivity contribution >= 4 is 17.0 Å². The molecule has 0 radical (unpaired) electrons. The van der Waals surface area contributed by atoms with Gasteiger partial charge in [-0.3, -0.25) is 0 Å². The number of aryl methyl sites for hydroxylation is 1. The molecule has 1 aromatic heterocycles. The van der Waals surface area contributed by atoms with Gasteiger partial charge in [0.2, 0.25) is 5.82 Å². The molecule has 0 aliphatic heterocycles. The molecule has 4 nitrogen and oxygen atoms in total. The predicted molar refractivity (Wildman–Crippen MR) is 54.4 cm³/mol. The van der Waals surface area contributed by atoms with Crippen molar-refractivity contribution in [2.24, 2.45) is 0 Å². The zero-order valence-electron chi connectivity index (χ0n) is 9.07. The molecule has 2 rings (SSSR count). The van der Waals surface area contributed by atoms with E-state index in [9.17, 15) is 23.1 Å². The van der Waals surface area contributed by atoms with Crippen molar-refractivity contribution in [1.29, 1.82) is 0 Å². The number of alkyl halides is 3. The van der Waals surface area contributed by atoms with Gasteiger partial charge in [-0.1, -0.05) is 12.1 Å². The molecule has 1 heterocycles. The number of rotatable bonds is 3. The fraction of sp³-hybridized carbons (Fsp3) is 0.273. The lowest BCUT2D eigenvalue weighted by Crippen LogP contribution is -2.25. The topological polar surface area (TPSA) is 57.9 Å². The third-order valence-electron chi connectivity index (χ3n) is 2.45. The van der Waals surface area contributed by atoms with E-state index in [1.807, 2.05) is 0 Å². The van der Waals surface area contributed by atoms with Crippen LogP contribution >= 0.6 is 0 Å². The van der Waals surface area contributed by atoms with Crippen LogP contribution < -0.4 is 5.11 Å². The van der Waals surface area contributed by atoms with Crippen molar-refractivity contribution in [3.63, 3.8) is 0 Å². The fourth-order valence-corrected chi connectivity index (χ4v) is 1.72. The van der Waals surface area contributed by atoms with E-state index < -0.39 is 24.4 Å². The van der Waals surface area contributed by atoms with Crippen molar-refractivity contribution in [1.82, 2.24) is 9.55 Å². The van der Waals surface area contributed by atoms with E-state index in [0.29, 0.717) is 0 Å². The highest BCUT2D eigenvalue weighted by Gasteiger charge is 2.37. The number of aromatic nitrogens is 2. The molecule has 0 bridgehead atoms. The molecule has 1 aromatic carbocycles. The number of imidazole rings is 1. The number of fused-ring (bicyclic) bond motifs is 1. The van der Waals surface area contributed by atoms with E-state index in [4.69, 9.17) is 0 Å². The van der Waals surface area contributed by atoms with Crippen molar-refractivity contribution < 1.29 is 23.1 Å². The maximum Gasteiger partial charge on any atom is 0.449 e. The van der Waals surface area contributed by atoms with E-state index in [1.54, 1.807) is 12.1 Å². The van der Waals surface area contributed by atoms with Gasteiger partial charge >= 0.3 is 6.18 Å². The summed E-state index contributed by atoms with van der Waals surface area (Å²) in [5.74, 6) is -2.49. The summed E-state index contributed by atoms with van der Waals surface area (Å²) < 4.78 is 39.1. The van der Waals surface area contributed by atoms with Crippen LogP contribution in [0.3, 0.4) is 0 Å². The third kappa shape index (κ3) is 2.29. The number of carboxylic acid groups (broad SMARTS) is 1. The minimum Gasteiger partial charge on any atom is -0.550 e. The van der Waals surface area contributed by atoms with Gasteiger partial charge in [-0.25, -0.2) is 4.98 Å². The molecule has 0 spiro atoms. The molecule has 0 amide bonds. The van der Waals surface area contributed by atoms with E-state index in [2.05, 4.69) is 4.98 Å². The number of hydrogen-bond donors (Lipinski definition) is 0. The Morgan fingerprint density at radius 2 is 2.00 bits per heavy atom. The van der Waals surface area contributed by atoms with E-state index in [-0.39, 0.29) is 17.6 Å². The summed E-state index contributed by atoms with van der Waals surface area (Å²) >= 11 is 0. The second kappa shape index (κ2) is 4.32. The monoisotopic (exact) mass is 257 g/mol. The normalized spacial score (nSPS) is 11.9. The Labute approximate surface area is 99.7 Å². The second-order valence-corrected chi connectivity index (χ2v) is 3.70. The average molecular weight is 257 g/mol. The highest BCUT2D eigenvalue weighted by atomic mass is 19.4. The van der Waals surface area contributed by atoms with Crippen LogP contribution in [0.2, 0.25) is 0 Å². The van der Waals surface area contributed by atoms with Crippen LogP contribution in [-0.2, 0) is 17.5 Å². The minimum atomic E-state index is -4.62. The first-order valence-corrected chi connectivity index (χ1v) is 5.12. The number of para-hydroxylation sites is 2. The molecule has 0 saturated heterocycles. The Kier molecular flexibility index (Phi) is 2.98. The zero-order valence-corrected chi connectivity index (χ0v) is 9.07. The summed E-state index contributed by atoms with van der Waals surface area (Å²) in [6.45, 7) is -0.322. The SMILES string of the molecule is O=C([O-])CCn1c(C(F)(F)F)nc2ccccc21. The van der Waals surface area contributed by atoms with Gasteiger partial charge in [-0.15, -0.1) is 0 Å². The zero-order chi connectivity index (χ0) is 13.3. The molecule has 0 unspecified atom stereocenters. The van der Waals surface area contributed by atoms with Crippen LogP contribution in [0.25, 0.3) is 11.0 Å². The summed E-state index contributed by atoms with van der Waals surface area (Å²) in [7, 11) is 0. The van der Waals surface area contributed by atoms with Gasteiger partial charge in [-0.05, 0) is 12.1 Å². The van der Waals surface area contributed by atoms with Crippen LogP contribution in [0.1, 0.15) is 12.2 Å². The smallest absolute Gasteiger partial charge is 0.449 e. The van der Waals surface area contributed by atoms with E-state index in [0.717, 1.165) is 4.57 Å². The van der Waals surface area contributed by atoms with Gasteiger partial charge in [0.15, 0.2) is 0 Å². The van der Waals surface area contributed by atoms with Crippen molar-refractivity contribution in [3.05, 3.63) is 30.1 Å². The number of carbonyl (C=O) groups is 1. The lowest BCUT2D eigenvalue weighted by atomic mass is 10.3. The van der Waals surface area contributed by atoms with Gasteiger partial charge in [0.1, 0.15) is 0 Å². The summed E-state index contributed by atoms with van der Waals surface area (Å²) in [6, 6.07) is 6.05. The third-order valence-corrected chi connectivity index (χ3v) is 2.45. The summed E-state index contributed by atoms with van der Waals surface area (Å²) in [6.07, 6.45) is -5.12. The highest BCUT2D eigenvalue weighted by molar-refractivity contribution is 5.76. The molecular formula is C11H8F3N2O2-. The quantitative estimate of drug-likeness (QED) is 0.830. The van der Waals surface area contributed by atoms with Crippen LogP contribution in [0, 0.1) is 0 Å².